The fraction of sp³-hybridized carbons (Fsp3) is 0.429. The number of aryl methyl sites for hydroxylation is 1. The Balaban J connectivity index is 2.85. The van der Waals surface area contributed by atoms with E-state index in [1.165, 1.54) is 6.92 Å². The second kappa shape index (κ2) is 3.05. The van der Waals surface area contributed by atoms with E-state index in [1.807, 2.05) is 0 Å². The van der Waals surface area contributed by atoms with Gasteiger partial charge in [-0.15, -0.1) is 0 Å². The van der Waals surface area contributed by atoms with E-state index in [2.05, 4.69) is 4.98 Å². The third-order valence-electron chi connectivity index (χ3n) is 1.28. The SMILES string of the molecule is CC(=O)Cc1oc(Cl)nc1C. The van der Waals surface area contributed by atoms with Gasteiger partial charge in [0.25, 0.3) is 5.35 Å². The topological polar surface area (TPSA) is 43.1 Å². The Morgan fingerprint density at radius 2 is 2.36 bits per heavy atom. The van der Waals surface area contributed by atoms with E-state index < -0.39 is 0 Å². The molecule has 0 amide bonds. The van der Waals surface area contributed by atoms with Crippen LogP contribution in [0.2, 0.25) is 5.35 Å². The van der Waals surface area contributed by atoms with Crippen molar-refractivity contribution < 1.29 is 9.21 Å². The van der Waals surface area contributed by atoms with E-state index in [0.717, 1.165) is 0 Å². The predicted molar refractivity (Wildman–Crippen MR) is 40.6 cm³/mol. The minimum absolute atomic E-state index is 0.0425. The van der Waals surface area contributed by atoms with Gasteiger partial charge in [0.1, 0.15) is 11.5 Å². The number of hydrogen-bond acceptors (Lipinski definition) is 3. The lowest BCUT2D eigenvalue weighted by atomic mass is 10.2. The Bertz CT molecular complexity index is 280. The number of Topliss-reactive ketones (excluding diaryl/α,β-unsaturated/α-hetero) is 1. The zero-order chi connectivity index (χ0) is 8.43. The van der Waals surface area contributed by atoms with Gasteiger partial charge in [0, 0.05) is 0 Å². The molecule has 0 aliphatic rings. The fourth-order valence-electron chi connectivity index (χ4n) is 0.783. The Kier molecular flexibility index (Phi) is 2.29. The first-order valence-corrected chi connectivity index (χ1v) is 3.58. The molecular formula is C7H8ClNO2. The minimum Gasteiger partial charge on any atom is -0.432 e. The number of ketones is 1. The second-order valence-corrected chi connectivity index (χ2v) is 2.68. The van der Waals surface area contributed by atoms with Crippen molar-refractivity contribution >= 4 is 17.4 Å². The largest absolute Gasteiger partial charge is 0.432 e. The summed E-state index contributed by atoms with van der Waals surface area (Å²) in [6, 6.07) is 0. The number of oxazole rings is 1. The van der Waals surface area contributed by atoms with Crippen LogP contribution in [0.15, 0.2) is 4.42 Å². The van der Waals surface area contributed by atoms with E-state index in [-0.39, 0.29) is 17.6 Å². The van der Waals surface area contributed by atoms with Gasteiger partial charge in [-0.25, -0.2) is 4.98 Å². The Hall–Kier alpha value is -0.830. The summed E-state index contributed by atoms with van der Waals surface area (Å²) in [5.74, 6) is 0.600. The molecule has 1 aromatic rings. The van der Waals surface area contributed by atoms with Crippen molar-refractivity contribution in [2.45, 2.75) is 20.3 Å². The van der Waals surface area contributed by atoms with Gasteiger partial charge in [-0.3, -0.25) is 4.79 Å². The Morgan fingerprint density at radius 3 is 2.73 bits per heavy atom. The molecular weight excluding hydrogens is 166 g/mol. The van der Waals surface area contributed by atoms with E-state index in [4.69, 9.17) is 16.0 Å². The van der Waals surface area contributed by atoms with Crippen molar-refractivity contribution in [3.63, 3.8) is 0 Å². The molecule has 0 spiro atoms. The van der Waals surface area contributed by atoms with Gasteiger partial charge >= 0.3 is 0 Å². The highest BCUT2D eigenvalue weighted by Gasteiger charge is 2.08. The maximum absolute atomic E-state index is 10.6. The van der Waals surface area contributed by atoms with E-state index in [9.17, 15) is 4.79 Å². The van der Waals surface area contributed by atoms with Gasteiger partial charge in [0.05, 0.1) is 12.1 Å². The zero-order valence-electron chi connectivity index (χ0n) is 6.35. The maximum atomic E-state index is 10.6. The summed E-state index contributed by atoms with van der Waals surface area (Å²) in [7, 11) is 0. The normalized spacial score (nSPS) is 10.1. The number of rotatable bonds is 2. The van der Waals surface area contributed by atoms with Crippen molar-refractivity contribution in [1.29, 1.82) is 0 Å². The molecule has 0 saturated carbocycles. The van der Waals surface area contributed by atoms with Gasteiger partial charge < -0.3 is 4.42 Å². The number of nitrogens with zero attached hydrogens (tertiary/aromatic N) is 1. The summed E-state index contributed by atoms with van der Waals surface area (Å²) in [5.41, 5.74) is 0.685. The molecule has 0 aliphatic heterocycles. The van der Waals surface area contributed by atoms with Crippen LogP contribution in [0.5, 0.6) is 0 Å². The highest BCUT2D eigenvalue weighted by Crippen LogP contribution is 2.14. The zero-order valence-corrected chi connectivity index (χ0v) is 7.10. The molecule has 0 atom stereocenters. The number of carbonyl (C=O) groups is 1. The minimum atomic E-state index is 0.0425. The molecule has 0 unspecified atom stereocenters. The second-order valence-electron chi connectivity index (χ2n) is 2.35. The quantitative estimate of drug-likeness (QED) is 0.685. The third-order valence-corrected chi connectivity index (χ3v) is 1.44. The van der Waals surface area contributed by atoms with Crippen molar-refractivity contribution in [3.8, 4) is 0 Å². The van der Waals surface area contributed by atoms with Crippen LogP contribution in [-0.2, 0) is 11.2 Å². The fourth-order valence-corrected chi connectivity index (χ4v) is 1.00. The van der Waals surface area contributed by atoms with Gasteiger partial charge in [-0.2, -0.15) is 0 Å². The van der Waals surface area contributed by atoms with Gasteiger partial charge in [0.15, 0.2) is 0 Å². The maximum Gasteiger partial charge on any atom is 0.292 e. The van der Waals surface area contributed by atoms with Gasteiger partial charge in [0.2, 0.25) is 0 Å². The van der Waals surface area contributed by atoms with Crippen LogP contribution in [0.4, 0.5) is 0 Å². The van der Waals surface area contributed by atoms with Crippen LogP contribution < -0.4 is 0 Å². The number of carbonyl (C=O) groups excluding carboxylic acids is 1. The molecule has 0 aromatic carbocycles. The van der Waals surface area contributed by atoms with Crippen molar-refractivity contribution in [2.24, 2.45) is 0 Å². The molecule has 0 fully saturated rings. The molecule has 4 heteroatoms. The third kappa shape index (κ3) is 2.05. The van der Waals surface area contributed by atoms with E-state index in [0.29, 0.717) is 11.5 Å². The van der Waals surface area contributed by atoms with Crippen LogP contribution in [0.1, 0.15) is 18.4 Å². The predicted octanol–water partition coefficient (Wildman–Crippen LogP) is 1.77. The monoisotopic (exact) mass is 173 g/mol. The lowest BCUT2D eigenvalue weighted by molar-refractivity contribution is -0.116. The van der Waals surface area contributed by atoms with Crippen molar-refractivity contribution in [3.05, 3.63) is 16.8 Å². The lowest BCUT2D eigenvalue weighted by Gasteiger charge is -1.89. The molecule has 1 rings (SSSR count). The first-order valence-electron chi connectivity index (χ1n) is 3.21. The summed E-state index contributed by atoms with van der Waals surface area (Å²) < 4.78 is 4.96. The average Bonchev–Trinajstić information content (AvgIpc) is 2.09. The van der Waals surface area contributed by atoms with Crippen LogP contribution >= 0.6 is 11.6 Å². The molecule has 1 heterocycles. The number of hydrogen-bond donors (Lipinski definition) is 0. The van der Waals surface area contributed by atoms with Crippen LogP contribution in [0, 0.1) is 6.92 Å². The Labute approximate surface area is 69.4 Å². The molecule has 0 radical (unpaired) electrons. The van der Waals surface area contributed by atoms with Gasteiger partial charge in [-0.1, -0.05) is 0 Å². The molecule has 3 nitrogen and oxygen atoms in total. The van der Waals surface area contributed by atoms with Crippen molar-refractivity contribution in [2.75, 3.05) is 0 Å². The first-order chi connectivity index (χ1) is 5.09. The number of aromatic nitrogens is 1. The standard InChI is InChI=1S/C7H8ClNO2/c1-4(10)3-6-5(2)9-7(8)11-6/h3H2,1-2H3. The molecule has 0 saturated heterocycles. The summed E-state index contributed by atoms with van der Waals surface area (Å²) in [5, 5.41) is 0.0961. The average molecular weight is 174 g/mol. The molecule has 1 aromatic heterocycles. The molecule has 11 heavy (non-hydrogen) atoms. The van der Waals surface area contributed by atoms with E-state index >= 15 is 0 Å². The highest BCUT2D eigenvalue weighted by atomic mass is 35.5. The van der Waals surface area contributed by atoms with Crippen molar-refractivity contribution in [1.82, 2.24) is 4.98 Å². The summed E-state index contributed by atoms with van der Waals surface area (Å²) in [6.45, 7) is 3.25. The number of halogens is 1. The molecule has 60 valence electrons. The highest BCUT2D eigenvalue weighted by molar-refractivity contribution is 6.27. The summed E-state index contributed by atoms with van der Waals surface area (Å²) >= 11 is 5.46. The summed E-state index contributed by atoms with van der Waals surface area (Å²) in [6.07, 6.45) is 0.269. The molecule has 0 N–H and O–H groups in total. The first kappa shape index (κ1) is 8.27. The lowest BCUT2D eigenvalue weighted by Crippen LogP contribution is -1.95. The Morgan fingerprint density at radius 1 is 1.73 bits per heavy atom. The molecule has 0 bridgehead atoms. The van der Waals surface area contributed by atoms with Crippen LogP contribution in [0.3, 0.4) is 0 Å². The van der Waals surface area contributed by atoms with Crippen LogP contribution in [0.25, 0.3) is 0 Å². The summed E-state index contributed by atoms with van der Waals surface area (Å²) in [4.78, 5) is 14.5. The molecule has 0 aliphatic carbocycles. The van der Waals surface area contributed by atoms with Gasteiger partial charge in [-0.05, 0) is 25.4 Å². The van der Waals surface area contributed by atoms with Crippen LogP contribution in [-0.4, -0.2) is 10.8 Å². The van der Waals surface area contributed by atoms with E-state index in [1.54, 1.807) is 6.92 Å². The smallest absolute Gasteiger partial charge is 0.292 e.